The highest BCUT2D eigenvalue weighted by Gasteiger charge is 2.42. The molecule has 1 fully saturated rings. The van der Waals surface area contributed by atoms with Crippen LogP contribution in [-0.2, 0) is 9.47 Å². The molecule has 0 spiro atoms. The minimum absolute atomic E-state index is 0.144. The second-order valence-corrected chi connectivity index (χ2v) is 6.08. The Labute approximate surface area is 143 Å². The predicted molar refractivity (Wildman–Crippen MR) is 84.5 cm³/mol. The van der Waals surface area contributed by atoms with Gasteiger partial charge in [-0.25, -0.2) is 14.0 Å². The first-order valence-electron chi connectivity index (χ1n) is 7.98. The van der Waals surface area contributed by atoms with Crippen LogP contribution in [0.2, 0.25) is 0 Å². The summed E-state index contributed by atoms with van der Waals surface area (Å²) in [5, 5.41) is 21.6. The molecule has 0 aliphatic carbocycles. The summed E-state index contributed by atoms with van der Waals surface area (Å²) in [6.07, 6.45) is -4.00. The summed E-state index contributed by atoms with van der Waals surface area (Å²) in [5.41, 5.74) is -0.955. The smallest absolute Gasteiger partial charge is 0.412 e. The molecule has 0 bridgehead atoms. The van der Waals surface area contributed by atoms with Gasteiger partial charge in [-0.15, -0.1) is 0 Å². The first-order valence-corrected chi connectivity index (χ1v) is 7.98. The molecule has 1 unspecified atom stereocenters. The Morgan fingerprint density at radius 3 is 2.76 bits per heavy atom. The number of anilines is 1. The quantitative estimate of drug-likeness (QED) is 0.704. The molecule has 9 nitrogen and oxygen atoms in total. The lowest BCUT2D eigenvalue weighted by molar-refractivity contribution is -0.0355. The number of aliphatic hydroxyl groups excluding tert-OH is 2. The van der Waals surface area contributed by atoms with Gasteiger partial charge in [0.15, 0.2) is 17.9 Å². The predicted octanol–water partition coefficient (Wildman–Crippen LogP) is 0.616. The van der Waals surface area contributed by atoms with Gasteiger partial charge in [0.05, 0.1) is 18.9 Å². The van der Waals surface area contributed by atoms with Gasteiger partial charge < -0.3 is 19.7 Å². The first kappa shape index (κ1) is 19.3. The Morgan fingerprint density at radius 2 is 2.20 bits per heavy atom. The molecule has 5 atom stereocenters. The normalized spacial score (nSPS) is 27.1. The molecule has 1 aromatic rings. The molecule has 3 N–H and O–H groups in total. The highest BCUT2D eigenvalue weighted by atomic mass is 19.1. The van der Waals surface area contributed by atoms with Crippen LogP contribution in [0, 0.1) is 11.7 Å². The van der Waals surface area contributed by atoms with E-state index in [0.29, 0.717) is 0 Å². The fraction of sp³-hybridized carbons (Fsp3) is 0.667. The van der Waals surface area contributed by atoms with Crippen LogP contribution in [0.3, 0.4) is 0 Å². The van der Waals surface area contributed by atoms with E-state index in [1.165, 1.54) is 6.92 Å². The molecule has 25 heavy (non-hydrogen) atoms. The number of aliphatic hydroxyl groups is 2. The molecule has 1 aliphatic heterocycles. The average molecular weight is 359 g/mol. The highest BCUT2D eigenvalue weighted by Crippen LogP contribution is 2.28. The van der Waals surface area contributed by atoms with Gasteiger partial charge in [0.25, 0.3) is 0 Å². The summed E-state index contributed by atoms with van der Waals surface area (Å²) in [7, 11) is 0. The number of halogens is 1. The number of hydrogen-bond donors (Lipinski definition) is 3. The van der Waals surface area contributed by atoms with Crippen LogP contribution in [0.1, 0.15) is 33.4 Å². The van der Waals surface area contributed by atoms with Gasteiger partial charge >= 0.3 is 11.8 Å². The number of amides is 1. The molecule has 10 heteroatoms. The van der Waals surface area contributed by atoms with E-state index >= 15 is 0 Å². The van der Waals surface area contributed by atoms with Crippen LogP contribution < -0.4 is 11.0 Å². The molecule has 1 aliphatic rings. The van der Waals surface area contributed by atoms with Crippen molar-refractivity contribution in [3.8, 4) is 0 Å². The zero-order valence-electron chi connectivity index (χ0n) is 14.2. The lowest BCUT2D eigenvalue weighted by atomic mass is 10.1. The van der Waals surface area contributed by atoms with E-state index in [0.717, 1.165) is 17.2 Å². The maximum atomic E-state index is 14.1. The third kappa shape index (κ3) is 4.33. The second-order valence-electron chi connectivity index (χ2n) is 6.08. The maximum absolute atomic E-state index is 14.1. The van der Waals surface area contributed by atoms with Crippen LogP contribution in [-0.4, -0.2) is 50.8 Å². The van der Waals surface area contributed by atoms with Gasteiger partial charge in [0.2, 0.25) is 0 Å². The van der Waals surface area contributed by atoms with Crippen molar-refractivity contribution < 1.29 is 28.9 Å². The minimum atomic E-state index is -1.41. The average Bonchev–Trinajstić information content (AvgIpc) is 2.83. The van der Waals surface area contributed by atoms with Crippen molar-refractivity contribution >= 4 is 11.9 Å². The Balaban J connectivity index is 2.12. The lowest BCUT2D eigenvalue weighted by Crippen LogP contribution is -2.36. The fourth-order valence-corrected chi connectivity index (χ4v) is 2.24. The van der Waals surface area contributed by atoms with E-state index in [4.69, 9.17) is 9.47 Å². The highest BCUT2D eigenvalue weighted by molar-refractivity contribution is 5.83. The van der Waals surface area contributed by atoms with Crippen LogP contribution in [0.5, 0.6) is 0 Å². The van der Waals surface area contributed by atoms with E-state index in [9.17, 15) is 24.2 Å². The first-order chi connectivity index (χ1) is 11.7. The third-order valence-electron chi connectivity index (χ3n) is 4.07. The van der Waals surface area contributed by atoms with Crippen molar-refractivity contribution in [1.82, 2.24) is 9.55 Å². The van der Waals surface area contributed by atoms with Gasteiger partial charge in [0.1, 0.15) is 12.2 Å². The number of hydrogen-bond acceptors (Lipinski definition) is 7. The van der Waals surface area contributed by atoms with E-state index in [-0.39, 0.29) is 12.5 Å². The number of nitrogens with zero attached hydrogens (tertiary/aromatic N) is 2. The molecule has 2 rings (SSSR count). The summed E-state index contributed by atoms with van der Waals surface area (Å²) in [6, 6.07) is 0. The van der Waals surface area contributed by atoms with Gasteiger partial charge in [-0.2, -0.15) is 4.98 Å². The number of carbonyl (C=O) groups is 1. The minimum Gasteiger partial charge on any atom is -0.449 e. The number of carbonyl (C=O) groups excluding carboxylic acids is 1. The van der Waals surface area contributed by atoms with Crippen LogP contribution in [0.15, 0.2) is 11.0 Å². The van der Waals surface area contributed by atoms with Crippen molar-refractivity contribution in [1.29, 1.82) is 0 Å². The largest absolute Gasteiger partial charge is 0.449 e. The summed E-state index contributed by atoms with van der Waals surface area (Å²) in [4.78, 5) is 27.1. The third-order valence-corrected chi connectivity index (χ3v) is 4.07. The molecule has 2 heterocycles. The Kier molecular flexibility index (Phi) is 6.09. The monoisotopic (exact) mass is 359 g/mol. The molecular weight excluding hydrogens is 337 g/mol. The molecule has 0 saturated carbocycles. The summed E-state index contributed by atoms with van der Waals surface area (Å²) < 4.78 is 25.0. The molecule has 0 aromatic carbocycles. The molecule has 1 saturated heterocycles. The Morgan fingerprint density at radius 1 is 1.52 bits per heavy atom. The lowest BCUT2D eigenvalue weighted by Gasteiger charge is -2.17. The van der Waals surface area contributed by atoms with Crippen molar-refractivity contribution in [2.75, 3.05) is 11.9 Å². The molecule has 1 aromatic heterocycles. The van der Waals surface area contributed by atoms with Crippen molar-refractivity contribution in [3.05, 3.63) is 22.5 Å². The molecule has 140 valence electrons. The second kappa shape index (κ2) is 7.89. The van der Waals surface area contributed by atoms with Crippen molar-refractivity contribution in [2.24, 2.45) is 5.92 Å². The van der Waals surface area contributed by atoms with Crippen molar-refractivity contribution in [3.63, 3.8) is 0 Å². The zero-order chi connectivity index (χ0) is 18.7. The molecule has 0 radical (unpaired) electrons. The summed E-state index contributed by atoms with van der Waals surface area (Å²) in [5.74, 6) is -1.45. The van der Waals surface area contributed by atoms with Gasteiger partial charge in [-0.3, -0.25) is 9.88 Å². The number of nitrogens with one attached hydrogen (secondary N) is 1. The van der Waals surface area contributed by atoms with Gasteiger partial charge in [-0.05, 0) is 12.8 Å². The summed E-state index contributed by atoms with van der Waals surface area (Å²) >= 11 is 0. The topological polar surface area (TPSA) is 123 Å². The zero-order valence-corrected chi connectivity index (χ0v) is 14.2. The van der Waals surface area contributed by atoms with E-state index in [1.54, 1.807) is 0 Å². The fourth-order valence-electron chi connectivity index (χ4n) is 2.24. The maximum Gasteiger partial charge on any atom is 0.412 e. The van der Waals surface area contributed by atoms with Gasteiger partial charge in [-0.1, -0.05) is 20.3 Å². The van der Waals surface area contributed by atoms with E-state index in [2.05, 4.69) is 10.3 Å². The Hall–Kier alpha value is -2.04. The van der Waals surface area contributed by atoms with Crippen LogP contribution >= 0.6 is 0 Å². The molecule has 1 amide bonds. The SMILES string of the molecule is CCC(C)COC(=O)Nc1nc(=O)n([C@@H]2O[C@H](C)[C@@H](O)[C@@H]2O)cc1F. The van der Waals surface area contributed by atoms with Gasteiger partial charge in [0, 0.05) is 0 Å². The number of ether oxygens (including phenoxy) is 2. The van der Waals surface area contributed by atoms with E-state index < -0.39 is 48.0 Å². The summed E-state index contributed by atoms with van der Waals surface area (Å²) in [6.45, 7) is 5.48. The standard InChI is InChI=1S/C15H22FN3O6/c1-4-7(2)6-24-15(23)18-12-9(16)5-19(14(22)17-12)13-11(21)10(20)8(3)25-13/h5,7-8,10-11,13,20-21H,4,6H2,1-3H3,(H,17,18,22,23)/t7?,8-,10-,11+,13-/m1/s1. The number of rotatable bonds is 5. The van der Waals surface area contributed by atoms with E-state index in [1.807, 2.05) is 13.8 Å². The number of aromatic nitrogens is 2. The van der Waals surface area contributed by atoms with Crippen LogP contribution in [0.25, 0.3) is 0 Å². The van der Waals surface area contributed by atoms with Crippen molar-refractivity contribution in [2.45, 2.75) is 51.7 Å². The van der Waals surface area contributed by atoms with Crippen LogP contribution in [0.4, 0.5) is 15.0 Å². The Bertz CT molecular complexity index is 682. The molecular formula is C15H22FN3O6.